The summed E-state index contributed by atoms with van der Waals surface area (Å²) in [5, 5.41) is 0. The van der Waals surface area contributed by atoms with Gasteiger partial charge in [-0.25, -0.2) is 4.79 Å². The van der Waals surface area contributed by atoms with Crippen LogP contribution >= 0.6 is 0 Å². The largest absolute Gasteiger partial charge is 0.467 e. The van der Waals surface area contributed by atoms with E-state index < -0.39 is 12.1 Å². The topological polar surface area (TPSA) is 65.1 Å². The van der Waals surface area contributed by atoms with Gasteiger partial charge in [-0.3, -0.25) is 4.79 Å². The van der Waals surface area contributed by atoms with Crippen LogP contribution in [0.4, 0.5) is 0 Å². The van der Waals surface area contributed by atoms with E-state index in [1.54, 1.807) is 11.8 Å². The van der Waals surface area contributed by atoms with Crippen molar-refractivity contribution in [3.63, 3.8) is 0 Å². The van der Waals surface area contributed by atoms with Crippen molar-refractivity contribution < 1.29 is 23.8 Å². The second kappa shape index (κ2) is 8.49. The molecule has 2 heterocycles. The molecule has 0 radical (unpaired) electrons. The zero-order valence-electron chi connectivity index (χ0n) is 15.4. The molecule has 1 saturated carbocycles. The van der Waals surface area contributed by atoms with Crippen LogP contribution in [0, 0.1) is 5.92 Å². The number of fused-ring (bicyclic) bond motifs is 1. The molecule has 6 heteroatoms. The van der Waals surface area contributed by atoms with E-state index in [4.69, 9.17) is 14.2 Å². The molecule has 2 aliphatic heterocycles. The van der Waals surface area contributed by atoms with E-state index in [2.05, 4.69) is 0 Å². The van der Waals surface area contributed by atoms with Gasteiger partial charge in [0.1, 0.15) is 12.1 Å². The van der Waals surface area contributed by atoms with E-state index in [0.29, 0.717) is 12.5 Å². The monoisotopic (exact) mass is 353 g/mol. The van der Waals surface area contributed by atoms with Crippen molar-refractivity contribution in [1.82, 2.24) is 4.90 Å². The average Bonchev–Trinajstić information content (AvgIpc) is 3.05. The van der Waals surface area contributed by atoms with Crippen LogP contribution in [0.3, 0.4) is 0 Å². The van der Waals surface area contributed by atoms with Crippen molar-refractivity contribution in [3.05, 3.63) is 0 Å². The fourth-order valence-corrected chi connectivity index (χ4v) is 4.60. The molecule has 1 amide bonds. The third-order valence-corrected chi connectivity index (χ3v) is 5.97. The molecule has 0 N–H and O–H groups in total. The van der Waals surface area contributed by atoms with E-state index in [1.807, 2.05) is 0 Å². The van der Waals surface area contributed by atoms with E-state index in [9.17, 15) is 9.59 Å². The first-order chi connectivity index (χ1) is 12.1. The number of ether oxygens (including phenoxy) is 3. The Balaban J connectivity index is 1.63. The lowest BCUT2D eigenvalue weighted by Gasteiger charge is -2.35. The molecule has 0 spiro atoms. The number of hydrogen-bond acceptors (Lipinski definition) is 5. The number of carbonyl (C=O) groups excluding carboxylic acids is 2. The molecular formula is C19H31NO5. The minimum absolute atomic E-state index is 0.0828. The second-order valence-corrected chi connectivity index (χ2v) is 7.60. The lowest BCUT2D eigenvalue weighted by Crippen LogP contribution is -2.50. The van der Waals surface area contributed by atoms with E-state index in [1.165, 1.54) is 13.5 Å². The summed E-state index contributed by atoms with van der Waals surface area (Å²) in [5.74, 6) is 0.0295. The first-order valence-corrected chi connectivity index (χ1v) is 9.75. The van der Waals surface area contributed by atoms with Crippen molar-refractivity contribution >= 4 is 11.9 Å². The van der Waals surface area contributed by atoms with Gasteiger partial charge in [-0.1, -0.05) is 12.8 Å². The lowest BCUT2D eigenvalue weighted by molar-refractivity contribution is -0.159. The van der Waals surface area contributed by atoms with Gasteiger partial charge in [0.05, 0.1) is 19.8 Å². The van der Waals surface area contributed by atoms with E-state index >= 15 is 0 Å². The number of esters is 1. The molecule has 0 aromatic carbocycles. The Hall–Kier alpha value is -1.14. The third kappa shape index (κ3) is 4.17. The summed E-state index contributed by atoms with van der Waals surface area (Å²) in [6, 6.07) is -0.301. The molecule has 0 aromatic heterocycles. The minimum Gasteiger partial charge on any atom is -0.467 e. The number of carbonyl (C=O) groups is 2. The predicted molar refractivity (Wildman–Crippen MR) is 92.0 cm³/mol. The Labute approximate surface area is 150 Å². The summed E-state index contributed by atoms with van der Waals surface area (Å²) in [7, 11) is 1.40. The molecule has 3 rings (SSSR count). The van der Waals surface area contributed by atoms with E-state index in [0.717, 1.165) is 51.6 Å². The Morgan fingerprint density at radius 2 is 1.92 bits per heavy atom. The summed E-state index contributed by atoms with van der Waals surface area (Å²) in [5.41, 5.74) is 0. The van der Waals surface area contributed by atoms with Crippen LogP contribution in [0.15, 0.2) is 0 Å². The normalized spacial score (nSPS) is 33.6. The number of nitrogens with zero attached hydrogens (tertiary/aromatic N) is 1. The summed E-state index contributed by atoms with van der Waals surface area (Å²) >= 11 is 0. The molecule has 25 heavy (non-hydrogen) atoms. The van der Waals surface area contributed by atoms with Crippen molar-refractivity contribution in [3.8, 4) is 0 Å². The van der Waals surface area contributed by atoms with Crippen molar-refractivity contribution in [2.24, 2.45) is 5.92 Å². The molecule has 2 saturated heterocycles. The maximum atomic E-state index is 13.1. The number of likely N-dealkylation sites (tertiary alicyclic amines) is 1. The maximum Gasteiger partial charge on any atom is 0.328 e. The molecule has 142 valence electrons. The van der Waals surface area contributed by atoms with Crippen LogP contribution in [0.25, 0.3) is 0 Å². The van der Waals surface area contributed by atoms with Crippen LogP contribution in [0.2, 0.25) is 0 Å². The highest BCUT2D eigenvalue weighted by Gasteiger charge is 2.48. The highest BCUT2D eigenvalue weighted by molar-refractivity contribution is 5.88. The van der Waals surface area contributed by atoms with Gasteiger partial charge in [0.2, 0.25) is 0 Å². The quantitative estimate of drug-likeness (QED) is 0.710. The molecule has 1 aliphatic carbocycles. The highest BCUT2D eigenvalue weighted by Crippen LogP contribution is 2.40. The van der Waals surface area contributed by atoms with Gasteiger partial charge >= 0.3 is 5.97 Å². The average molecular weight is 353 g/mol. The molecule has 0 aromatic rings. The fraction of sp³-hybridized carbons (Fsp3) is 0.895. The van der Waals surface area contributed by atoms with Crippen LogP contribution in [0.5, 0.6) is 0 Å². The van der Waals surface area contributed by atoms with E-state index in [-0.39, 0.29) is 24.0 Å². The molecule has 5 atom stereocenters. The highest BCUT2D eigenvalue weighted by atomic mass is 16.5. The molecular weight excluding hydrogens is 322 g/mol. The molecule has 6 nitrogen and oxygen atoms in total. The lowest BCUT2D eigenvalue weighted by atomic mass is 9.84. The molecule has 5 unspecified atom stereocenters. The second-order valence-electron chi connectivity index (χ2n) is 7.60. The Morgan fingerprint density at radius 3 is 2.64 bits per heavy atom. The van der Waals surface area contributed by atoms with Gasteiger partial charge in [0.15, 0.2) is 0 Å². The van der Waals surface area contributed by atoms with Crippen molar-refractivity contribution in [2.75, 3.05) is 20.3 Å². The van der Waals surface area contributed by atoms with Crippen molar-refractivity contribution in [1.29, 1.82) is 0 Å². The van der Waals surface area contributed by atoms with Crippen LogP contribution in [-0.4, -0.2) is 61.4 Å². The van der Waals surface area contributed by atoms with Gasteiger partial charge in [-0.05, 0) is 51.4 Å². The smallest absolute Gasteiger partial charge is 0.328 e. The fourth-order valence-electron chi connectivity index (χ4n) is 4.60. The number of hydrogen-bond donors (Lipinski definition) is 0. The molecule has 0 bridgehead atoms. The van der Waals surface area contributed by atoms with Gasteiger partial charge in [0, 0.05) is 12.6 Å². The van der Waals surface area contributed by atoms with Gasteiger partial charge < -0.3 is 19.1 Å². The van der Waals surface area contributed by atoms with Crippen LogP contribution in [0.1, 0.15) is 58.3 Å². The van der Waals surface area contributed by atoms with Crippen molar-refractivity contribution in [2.45, 2.75) is 82.6 Å². The zero-order chi connectivity index (χ0) is 17.8. The maximum absolute atomic E-state index is 13.1. The Bertz CT molecular complexity index is 476. The van der Waals surface area contributed by atoms with Gasteiger partial charge in [-0.15, -0.1) is 0 Å². The minimum atomic E-state index is -0.557. The standard InChI is InChI=1S/C19H31NO5/c1-13(25-12-15-8-5-6-10-24-15)18(21)20-16-9-4-3-7-14(16)11-17(20)19(22)23-2/h13-17H,3-12H2,1-2H3. The SMILES string of the molecule is COC(=O)C1CC2CCCCC2N1C(=O)C(C)OCC1CCCCO1. The predicted octanol–water partition coefficient (Wildman–Crippen LogP) is 2.29. The number of rotatable bonds is 5. The van der Waals surface area contributed by atoms with Crippen LogP contribution < -0.4 is 0 Å². The van der Waals surface area contributed by atoms with Gasteiger partial charge in [-0.2, -0.15) is 0 Å². The van der Waals surface area contributed by atoms with Gasteiger partial charge in [0.25, 0.3) is 5.91 Å². The first-order valence-electron chi connectivity index (χ1n) is 9.75. The van der Waals surface area contributed by atoms with Crippen LogP contribution in [-0.2, 0) is 23.8 Å². The molecule has 3 fully saturated rings. The Morgan fingerprint density at radius 1 is 1.16 bits per heavy atom. The number of amides is 1. The zero-order valence-corrected chi connectivity index (χ0v) is 15.4. The number of methoxy groups -OCH3 is 1. The Kier molecular flexibility index (Phi) is 6.34. The summed E-state index contributed by atoms with van der Waals surface area (Å²) in [6.45, 7) is 3.00. The summed E-state index contributed by atoms with van der Waals surface area (Å²) in [4.78, 5) is 27.1. The summed E-state index contributed by atoms with van der Waals surface area (Å²) < 4.78 is 16.5. The third-order valence-electron chi connectivity index (χ3n) is 5.97. The summed E-state index contributed by atoms with van der Waals surface area (Å²) in [6.07, 6.45) is 7.85. The first kappa shape index (κ1) is 18.6. The molecule has 3 aliphatic rings.